The Kier molecular flexibility index (Phi) is 5.14. The molecule has 0 aromatic heterocycles. The number of Topliss-reactive ketones (excluding diaryl/α,β-unsaturated/α-hetero) is 1. The second kappa shape index (κ2) is 6.92. The van der Waals surface area contributed by atoms with Gasteiger partial charge in [-0.05, 0) is 24.6 Å². The van der Waals surface area contributed by atoms with E-state index < -0.39 is 29.7 Å². The maximum absolute atomic E-state index is 12.7. The topological polar surface area (TPSA) is 110 Å². The van der Waals surface area contributed by atoms with Crippen molar-refractivity contribution in [3.63, 3.8) is 0 Å². The average Bonchev–Trinajstić information content (AvgIpc) is 2.47. The average molecular weight is 355 g/mol. The van der Waals surface area contributed by atoms with Gasteiger partial charge < -0.3 is 19.7 Å². The van der Waals surface area contributed by atoms with E-state index in [0.717, 1.165) is 7.11 Å². The number of esters is 1. The molecule has 7 nitrogen and oxygen atoms in total. The highest BCUT2D eigenvalue weighted by Crippen LogP contribution is 2.41. The molecule has 8 heteroatoms. The molecule has 0 radical (unpaired) electrons. The minimum absolute atomic E-state index is 0.0643. The Labute approximate surface area is 142 Å². The molecule has 2 N–H and O–H groups in total. The first-order chi connectivity index (χ1) is 11.2. The summed E-state index contributed by atoms with van der Waals surface area (Å²) in [5, 5.41) is 18.6. The van der Waals surface area contributed by atoms with E-state index in [1.807, 2.05) is 0 Å². The Balaban J connectivity index is 2.53. The van der Waals surface area contributed by atoms with E-state index in [4.69, 9.17) is 21.4 Å². The number of hydrogen-bond acceptors (Lipinski definition) is 6. The summed E-state index contributed by atoms with van der Waals surface area (Å²) in [4.78, 5) is 35.2. The maximum atomic E-state index is 12.7. The Morgan fingerprint density at radius 1 is 1.42 bits per heavy atom. The molecule has 1 aliphatic rings. The van der Waals surface area contributed by atoms with Crippen LogP contribution in [0.4, 0.5) is 0 Å². The number of carbonyl (C=O) groups excluding carboxylic acids is 2. The fraction of sp³-hybridized carbons (Fsp3) is 0.312. The normalized spacial score (nSPS) is 20.1. The highest BCUT2D eigenvalue weighted by Gasteiger charge is 2.42. The fourth-order valence-electron chi connectivity index (χ4n) is 2.53. The largest absolute Gasteiger partial charge is 0.507 e. The van der Waals surface area contributed by atoms with Crippen molar-refractivity contribution in [2.45, 2.75) is 19.4 Å². The molecular weight excluding hydrogens is 340 g/mol. The molecule has 128 valence electrons. The van der Waals surface area contributed by atoms with Crippen molar-refractivity contribution < 1.29 is 34.1 Å². The third-order valence-electron chi connectivity index (χ3n) is 3.58. The molecule has 2 rings (SSSR count). The highest BCUT2D eigenvalue weighted by atomic mass is 35.5. The Morgan fingerprint density at radius 3 is 2.67 bits per heavy atom. The number of hydrogen-bond donors (Lipinski definition) is 2. The lowest BCUT2D eigenvalue weighted by atomic mass is 9.85. The summed E-state index contributed by atoms with van der Waals surface area (Å²) < 4.78 is 10.2. The molecule has 2 atom stereocenters. The van der Waals surface area contributed by atoms with Gasteiger partial charge in [-0.15, -0.1) is 0 Å². The number of ether oxygens (including phenoxy) is 2. The molecule has 0 aliphatic carbocycles. The van der Waals surface area contributed by atoms with Crippen LogP contribution in [0.1, 0.15) is 22.3 Å². The van der Waals surface area contributed by atoms with E-state index in [2.05, 4.69) is 4.74 Å². The number of carboxylic acid groups (broad SMARTS) is 1. The van der Waals surface area contributed by atoms with Crippen LogP contribution in [0.25, 0.3) is 0 Å². The smallest absolute Gasteiger partial charge is 0.329 e. The molecule has 0 bridgehead atoms. The second-order valence-corrected chi connectivity index (χ2v) is 5.75. The molecule has 0 saturated carbocycles. The van der Waals surface area contributed by atoms with Gasteiger partial charge in [0.15, 0.2) is 5.78 Å². The number of carboxylic acids is 1. The van der Waals surface area contributed by atoms with Crippen molar-refractivity contribution in [3.05, 3.63) is 34.4 Å². The number of aromatic hydroxyl groups is 1. The summed E-state index contributed by atoms with van der Waals surface area (Å²) >= 11 is 5.98. The number of halogens is 1. The van der Waals surface area contributed by atoms with Gasteiger partial charge in [-0.25, -0.2) is 4.79 Å². The predicted molar refractivity (Wildman–Crippen MR) is 83.3 cm³/mol. The van der Waals surface area contributed by atoms with E-state index in [9.17, 15) is 19.5 Å². The Morgan fingerprint density at radius 2 is 2.08 bits per heavy atom. The van der Waals surface area contributed by atoms with E-state index in [1.165, 1.54) is 12.1 Å². The third kappa shape index (κ3) is 3.51. The zero-order valence-corrected chi connectivity index (χ0v) is 13.7. The van der Waals surface area contributed by atoms with Crippen LogP contribution in [-0.4, -0.2) is 41.1 Å². The van der Waals surface area contributed by atoms with Gasteiger partial charge in [0.1, 0.15) is 23.2 Å². The summed E-state index contributed by atoms with van der Waals surface area (Å²) in [6, 6.07) is 2.92. The summed E-state index contributed by atoms with van der Waals surface area (Å²) in [6.45, 7) is 1.69. The number of phenols is 1. The number of phenolic OH excluding ortho intramolecular Hbond substituents is 1. The molecule has 1 aliphatic heterocycles. The van der Waals surface area contributed by atoms with Gasteiger partial charge in [0.2, 0.25) is 0 Å². The molecule has 0 spiro atoms. The van der Waals surface area contributed by atoms with Crippen molar-refractivity contribution in [1.29, 1.82) is 0 Å². The minimum Gasteiger partial charge on any atom is -0.507 e. The summed E-state index contributed by atoms with van der Waals surface area (Å²) in [6.07, 6.45) is -0.830. The van der Waals surface area contributed by atoms with Gasteiger partial charge in [-0.1, -0.05) is 11.6 Å². The third-order valence-corrected chi connectivity index (χ3v) is 3.90. The van der Waals surface area contributed by atoms with Gasteiger partial charge in [-0.2, -0.15) is 0 Å². The molecule has 1 aromatic rings. The van der Waals surface area contributed by atoms with Gasteiger partial charge >= 0.3 is 11.9 Å². The number of aliphatic carboxylic acids is 1. The predicted octanol–water partition coefficient (Wildman–Crippen LogP) is 2.03. The number of rotatable bonds is 4. The number of aryl methyl sites for hydroxylation is 1. The number of fused-ring (bicyclic) bond motifs is 1. The molecule has 2 unspecified atom stereocenters. The summed E-state index contributed by atoms with van der Waals surface area (Å²) in [5.74, 6) is -3.87. The minimum atomic E-state index is -1.31. The molecule has 1 aromatic carbocycles. The first kappa shape index (κ1) is 17.8. The van der Waals surface area contributed by atoms with Crippen LogP contribution < -0.4 is 4.74 Å². The first-order valence-electron chi connectivity index (χ1n) is 6.96. The van der Waals surface area contributed by atoms with Gasteiger partial charge in [0, 0.05) is 6.08 Å². The lowest BCUT2D eigenvalue weighted by Gasteiger charge is -2.32. The van der Waals surface area contributed by atoms with E-state index in [1.54, 1.807) is 6.92 Å². The number of benzene rings is 1. The van der Waals surface area contributed by atoms with Crippen LogP contribution in [0.2, 0.25) is 0 Å². The number of ketones is 1. The van der Waals surface area contributed by atoms with E-state index in [-0.39, 0.29) is 28.5 Å². The standard InChI is InChI=1S/C16H15ClO7/c1-7-3-10(18)14-11(4-7)24-16(9(17)6-12(19)20)8(15(14)22)5-13(21)23-2/h3-4,6,8,16,18H,5H2,1-2H3,(H,19,20)/b9-6-. The fourth-order valence-corrected chi connectivity index (χ4v) is 2.82. The van der Waals surface area contributed by atoms with Crippen LogP contribution in [-0.2, 0) is 14.3 Å². The van der Waals surface area contributed by atoms with Crippen LogP contribution in [0, 0.1) is 12.8 Å². The highest BCUT2D eigenvalue weighted by molar-refractivity contribution is 6.31. The first-order valence-corrected chi connectivity index (χ1v) is 7.33. The molecule has 1 heterocycles. The van der Waals surface area contributed by atoms with Crippen molar-refractivity contribution in [2.24, 2.45) is 5.92 Å². The van der Waals surface area contributed by atoms with Crippen molar-refractivity contribution >= 4 is 29.3 Å². The van der Waals surface area contributed by atoms with Crippen molar-refractivity contribution in [2.75, 3.05) is 7.11 Å². The van der Waals surface area contributed by atoms with Gasteiger partial charge in [0.05, 0.1) is 24.5 Å². The van der Waals surface area contributed by atoms with E-state index >= 15 is 0 Å². The Hall–Kier alpha value is -2.54. The van der Waals surface area contributed by atoms with Crippen LogP contribution in [0.5, 0.6) is 11.5 Å². The van der Waals surface area contributed by atoms with Crippen molar-refractivity contribution in [3.8, 4) is 11.5 Å². The molecule has 0 amide bonds. The van der Waals surface area contributed by atoms with Crippen LogP contribution in [0.3, 0.4) is 0 Å². The van der Waals surface area contributed by atoms with Crippen molar-refractivity contribution in [1.82, 2.24) is 0 Å². The summed E-state index contributed by atoms with van der Waals surface area (Å²) in [7, 11) is 1.16. The van der Waals surface area contributed by atoms with Gasteiger partial charge in [0.25, 0.3) is 0 Å². The molecular formula is C16H15ClO7. The number of methoxy groups -OCH3 is 1. The zero-order chi connectivity index (χ0) is 18.0. The van der Waals surface area contributed by atoms with Crippen LogP contribution >= 0.6 is 11.6 Å². The Bertz CT molecular complexity index is 738. The lowest BCUT2D eigenvalue weighted by Crippen LogP contribution is -2.40. The zero-order valence-electron chi connectivity index (χ0n) is 12.9. The van der Waals surface area contributed by atoms with Gasteiger partial charge in [-0.3, -0.25) is 9.59 Å². The molecule has 24 heavy (non-hydrogen) atoms. The monoisotopic (exact) mass is 354 g/mol. The lowest BCUT2D eigenvalue weighted by molar-refractivity contribution is -0.142. The second-order valence-electron chi connectivity index (χ2n) is 5.31. The number of carbonyl (C=O) groups is 3. The van der Waals surface area contributed by atoms with E-state index in [0.29, 0.717) is 11.6 Å². The molecule has 0 fully saturated rings. The molecule has 0 saturated heterocycles. The quantitative estimate of drug-likeness (QED) is 0.628. The maximum Gasteiger partial charge on any atom is 0.329 e. The summed E-state index contributed by atoms with van der Waals surface area (Å²) in [5.41, 5.74) is 0.577. The van der Waals surface area contributed by atoms with Crippen LogP contribution in [0.15, 0.2) is 23.2 Å². The SMILES string of the molecule is COC(=O)CC1C(=O)c2c(O)cc(C)cc2OC1/C(Cl)=C/C(=O)O.